The maximum Gasteiger partial charge on any atom is 0.245 e. The maximum absolute atomic E-state index is 13.1. The van der Waals surface area contributed by atoms with Crippen LogP contribution in [0.3, 0.4) is 0 Å². The molecule has 6 heteroatoms. The van der Waals surface area contributed by atoms with Gasteiger partial charge in [-0.15, -0.1) is 0 Å². The number of nitriles is 1. The lowest BCUT2D eigenvalue weighted by molar-refractivity contribution is -0.128. The third kappa shape index (κ3) is 3.64. The number of likely N-dealkylation sites (tertiary alicyclic amines) is 1. The summed E-state index contributed by atoms with van der Waals surface area (Å²) < 4.78 is 13.1. The predicted octanol–water partition coefficient (Wildman–Crippen LogP) is 4.08. The van der Waals surface area contributed by atoms with Gasteiger partial charge in [0.05, 0.1) is 16.8 Å². The van der Waals surface area contributed by atoms with Crippen LogP contribution in [0.1, 0.15) is 28.7 Å². The number of rotatable bonds is 4. The maximum atomic E-state index is 13.1. The van der Waals surface area contributed by atoms with Gasteiger partial charge in [0.1, 0.15) is 17.9 Å². The molecule has 1 aromatic heterocycles. The van der Waals surface area contributed by atoms with E-state index in [0.717, 1.165) is 27.6 Å². The molecular formula is C23H21FN4O. The van der Waals surface area contributed by atoms with E-state index in [1.165, 1.54) is 12.1 Å². The number of nitrogens with zero attached hydrogens (tertiary/aromatic N) is 3. The first-order valence-electron chi connectivity index (χ1n) is 9.56. The Morgan fingerprint density at radius 2 is 2.03 bits per heavy atom. The molecule has 0 saturated carbocycles. The highest BCUT2D eigenvalue weighted by atomic mass is 19.1. The van der Waals surface area contributed by atoms with Crippen molar-refractivity contribution in [2.24, 2.45) is 0 Å². The summed E-state index contributed by atoms with van der Waals surface area (Å²) in [6, 6.07) is 12.0. The molecule has 1 N–H and O–H groups in total. The predicted molar refractivity (Wildman–Crippen MR) is 110 cm³/mol. The van der Waals surface area contributed by atoms with Crippen LogP contribution >= 0.6 is 0 Å². The summed E-state index contributed by atoms with van der Waals surface area (Å²) >= 11 is 0. The van der Waals surface area contributed by atoms with Crippen molar-refractivity contribution in [1.29, 1.82) is 5.26 Å². The number of hydrogen-bond donors (Lipinski definition) is 1. The van der Waals surface area contributed by atoms with Gasteiger partial charge in [0, 0.05) is 24.7 Å². The Labute approximate surface area is 168 Å². The van der Waals surface area contributed by atoms with Crippen LogP contribution in [-0.2, 0) is 11.3 Å². The van der Waals surface area contributed by atoms with Crippen molar-refractivity contribution in [3.8, 4) is 6.07 Å². The summed E-state index contributed by atoms with van der Waals surface area (Å²) in [4.78, 5) is 19.1. The van der Waals surface area contributed by atoms with Gasteiger partial charge in [-0.25, -0.2) is 4.39 Å². The molecule has 2 heterocycles. The van der Waals surface area contributed by atoms with E-state index in [9.17, 15) is 14.4 Å². The Morgan fingerprint density at radius 1 is 1.28 bits per heavy atom. The third-order valence-corrected chi connectivity index (χ3v) is 5.33. The van der Waals surface area contributed by atoms with Gasteiger partial charge in [-0.1, -0.05) is 23.8 Å². The quantitative estimate of drug-likeness (QED) is 0.731. The van der Waals surface area contributed by atoms with E-state index < -0.39 is 6.04 Å². The molecule has 0 bridgehead atoms. The zero-order chi connectivity index (χ0) is 20.5. The van der Waals surface area contributed by atoms with Gasteiger partial charge in [0.25, 0.3) is 0 Å². The number of pyridine rings is 1. The molecule has 0 spiro atoms. The fourth-order valence-electron chi connectivity index (χ4n) is 3.92. The number of benzene rings is 2. The first-order valence-corrected chi connectivity index (χ1v) is 9.56. The molecule has 0 radical (unpaired) electrons. The molecule has 146 valence electrons. The first-order chi connectivity index (χ1) is 14.0. The van der Waals surface area contributed by atoms with Crippen molar-refractivity contribution < 1.29 is 9.18 Å². The molecule has 1 aliphatic rings. The van der Waals surface area contributed by atoms with Crippen LogP contribution in [-0.4, -0.2) is 28.4 Å². The second kappa shape index (κ2) is 7.51. The highest BCUT2D eigenvalue weighted by Crippen LogP contribution is 2.31. The fraction of sp³-hybridized carbons (Fsp3) is 0.261. The summed E-state index contributed by atoms with van der Waals surface area (Å²) in [5, 5.41) is 13.7. The summed E-state index contributed by atoms with van der Waals surface area (Å²) in [5.74, 6) is -0.312. The highest BCUT2D eigenvalue weighted by molar-refractivity contribution is 5.98. The Bertz CT molecular complexity index is 1130. The molecule has 5 nitrogen and oxygen atoms in total. The first kappa shape index (κ1) is 18.9. The largest absolute Gasteiger partial charge is 0.372 e. The molecule has 1 amide bonds. The summed E-state index contributed by atoms with van der Waals surface area (Å²) in [7, 11) is 0. The minimum absolute atomic E-state index is 0.0208. The average molecular weight is 388 g/mol. The molecule has 29 heavy (non-hydrogen) atoms. The molecule has 1 fully saturated rings. The second-order valence-electron chi connectivity index (χ2n) is 7.51. The number of hydrogen-bond acceptors (Lipinski definition) is 4. The van der Waals surface area contributed by atoms with Gasteiger partial charge in [0.2, 0.25) is 5.91 Å². The van der Waals surface area contributed by atoms with Gasteiger partial charge in [-0.05, 0) is 49.6 Å². The molecule has 0 aliphatic carbocycles. The van der Waals surface area contributed by atoms with Crippen LogP contribution in [0.2, 0.25) is 0 Å². The smallest absolute Gasteiger partial charge is 0.245 e. The van der Waals surface area contributed by atoms with Crippen LogP contribution in [0.25, 0.3) is 10.9 Å². The molecular weight excluding hydrogens is 367 g/mol. The highest BCUT2D eigenvalue weighted by Gasteiger charge is 2.32. The van der Waals surface area contributed by atoms with Crippen molar-refractivity contribution in [3.05, 3.63) is 70.7 Å². The van der Waals surface area contributed by atoms with Crippen LogP contribution in [0.5, 0.6) is 0 Å². The minimum Gasteiger partial charge on any atom is -0.372 e. The van der Waals surface area contributed by atoms with Crippen molar-refractivity contribution in [2.75, 3.05) is 11.9 Å². The Morgan fingerprint density at radius 3 is 2.76 bits per heavy atom. The number of amides is 1. The fourth-order valence-corrected chi connectivity index (χ4v) is 3.92. The van der Waals surface area contributed by atoms with Crippen molar-refractivity contribution in [3.63, 3.8) is 0 Å². The lowest BCUT2D eigenvalue weighted by atomic mass is 10.0. The van der Waals surface area contributed by atoms with Crippen LogP contribution < -0.4 is 5.32 Å². The molecule has 1 unspecified atom stereocenters. The number of aromatic nitrogens is 1. The zero-order valence-corrected chi connectivity index (χ0v) is 16.4. The summed E-state index contributed by atoms with van der Waals surface area (Å²) in [6.07, 6.45) is 2.20. The van der Waals surface area contributed by atoms with Crippen LogP contribution in [0, 0.1) is 31.0 Å². The average Bonchev–Trinajstić information content (AvgIpc) is 3.03. The van der Waals surface area contributed by atoms with Crippen LogP contribution in [0.15, 0.2) is 42.6 Å². The Balaban J connectivity index is 1.61. The Kier molecular flexibility index (Phi) is 4.89. The van der Waals surface area contributed by atoms with Gasteiger partial charge in [-0.3, -0.25) is 9.78 Å². The van der Waals surface area contributed by atoms with Crippen molar-refractivity contribution in [2.45, 2.75) is 32.9 Å². The molecule has 2 aromatic carbocycles. The van der Waals surface area contributed by atoms with E-state index in [-0.39, 0.29) is 11.7 Å². The summed E-state index contributed by atoms with van der Waals surface area (Å²) in [5.41, 5.74) is 4.90. The molecule has 1 saturated heterocycles. The standard InChI is InChI=1S/C23H21FN4O/c1-14-9-15(2)21-19(10-14)22(17(11-25)12-26-21)27-20-7-8-28(23(20)29)13-16-3-5-18(24)6-4-16/h3-6,9-10,12,20H,7-8,13H2,1-2H3,(H,26,27). The zero-order valence-electron chi connectivity index (χ0n) is 16.4. The van der Waals surface area contributed by atoms with Crippen molar-refractivity contribution >= 4 is 22.5 Å². The molecule has 3 aromatic rings. The number of nitrogens with one attached hydrogen (secondary N) is 1. The van der Waals surface area contributed by atoms with Gasteiger partial charge >= 0.3 is 0 Å². The number of anilines is 1. The van der Waals surface area contributed by atoms with E-state index >= 15 is 0 Å². The summed E-state index contributed by atoms with van der Waals surface area (Å²) in [6.45, 7) is 5.04. The van der Waals surface area contributed by atoms with Gasteiger partial charge in [-0.2, -0.15) is 5.26 Å². The SMILES string of the molecule is Cc1cc(C)c2ncc(C#N)c(NC3CCN(Cc4ccc(F)cc4)C3=O)c2c1. The molecule has 1 aliphatic heterocycles. The van der Waals surface area contributed by atoms with E-state index in [2.05, 4.69) is 22.4 Å². The normalized spacial score (nSPS) is 16.3. The Hall–Kier alpha value is -3.46. The number of halogens is 1. The number of carbonyl (C=O) groups excluding carboxylic acids is 1. The minimum atomic E-state index is -0.408. The number of carbonyl (C=O) groups is 1. The lowest BCUT2D eigenvalue weighted by Crippen LogP contribution is -2.33. The van der Waals surface area contributed by atoms with Gasteiger partial charge in [0.15, 0.2) is 0 Å². The molecule has 4 rings (SSSR count). The van der Waals surface area contributed by atoms with E-state index in [4.69, 9.17) is 0 Å². The second-order valence-corrected chi connectivity index (χ2v) is 7.51. The monoisotopic (exact) mass is 388 g/mol. The number of aryl methyl sites for hydroxylation is 2. The van der Waals surface area contributed by atoms with Gasteiger partial charge < -0.3 is 10.2 Å². The number of fused-ring (bicyclic) bond motifs is 1. The van der Waals surface area contributed by atoms with Crippen molar-refractivity contribution in [1.82, 2.24) is 9.88 Å². The third-order valence-electron chi connectivity index (χ3n) is 5.33. The topological polar surface area (TPSA) is 69.0 Å². The van der Waals surface area contributed by atoms with E-state index in [0.29, 0.717) is 30.8 Å². The van der Waals surface area contributed by atoms with Crippen LogP contribution in [0.4, 0.5) is 10.1 Å². The molecule has 1 atom stereocenters. The van der Waals surface area contributed by atoms with E-state index in [1.54, 1.807) is 23.2 Å². The lowest BCUT2D eigenvalue weighted by Gasteiger charge is -2.19. The van der Waals surface area contributed by atoms with E-state index in [1.807, 2.05) is 19.9 Å².